The molecular formula is C13H15BrN2O3S. The topological polar surface area (TPSA) is 85.3 Å². The van der Waals surface area contributed by atoms with E-state index >= 15 is 0 Å². The smallest absolute Gasteiger partial charge is 0.242 e. The second-order valence-corrected chi connectivity index (χ2v) is 7.02. The number of nitrogens with two attached hydrogens (primary N) is 1. The fourth-order valence-corrected chi connectivity index (χ4v) is 3.98. The lowest BCUT2D eigenvalue weighted by Gasteiger charge is -2.13. The molecule has 1 aromatic heterocycles. The van der Waals surface area contributed by atoms with Gasteiger partial charge in [-0.05, 0) is 60.1 Å². The Labute approximate surface area is 126 Å². The highest BCUT2D eigenvalue weighted by Gasteiger charge is 2.22. The minimum absolute atomic E-state index is 0.104. The van der Waals surface area contributed by atoms with Crippen LogP contribution in [-0.2, 0) is 10.0 Å². The van der Waals surface area contributed by atoms with Gasteiger partial charge in [-0.2, -0.15) is 0 Å². The summed E-state index contributed by atoms with van der Waals surface area (Å²) in [4.78, 5) is 0.104. The van der Waals surface area contributed by atoms with Crippen LogP contribution in [0, 0.1) is 6.92 Å². The van der Waals surface area contributed by atoms with Crippen molar-refractivity contribution in [2.75, 3.05) is 5.73 Å². The molecular weight excluding hydrogens is 344 g/mol. The fourth-order valence-electron chi connectivity index (χ4n) is 1.77. The Kier molecular flexibility index (Phi) is 4.22. The van der Waals surface area contributed by atoms with E-state index in [9.17, 15) is 8.42 Å². The standard InChI is InChI=1S/C13H15BrN2O3S/c1-8-3-6-12(19-8)9(2)16-20(17,18)13-7-10(15)4-5-11(13)14/h3-7,9,16H,15H2,1-2H3. The zero-order chi connectivity index (χ0) is 14.9. The number of hydrogen-bond acceptors (Lipinski definition) is 4. The molecule has 0 aliphatic carbocycles. The number of sulfonamides is 1. The number of anilines is 1. The number of nitrogen functional groups attached to an aromatic ring is 1. The van der Waals surface area contributed by atoms with Gasteiger partial charge < -0.3 is 10.2 Å². The molecule has 0 fully saturated rings. The molecule has 20 heavy (non-hydrogen) atoms. The number of hydrogen-bond donors (Lipinski definition) is 2. The quantitative estimate of drug-likeness (QED) is 0.822. The first kappa shape index (κ1) is 15.1. The van der Waals surface area contributed by atoms with E-state index in [0.29, 0.717) is 15.9 Å². The molecule has 0 aliphatic heterocycles. The van der Waals surface area contributed by atoms with E-state index in [1.54, 1.807) is 38.1 Å². The van der Waals surface area contributed by atoms with Crippen molar-refractivity contribution in [2.45, 2.75) is 24.8 Å². The van der Waals surface area contributed by atoms with Crippen LogP contribution in [0.25, 0.3) is 0 Å². The van der Waals surface area contributed by atoms with E-state index in [4.69, 9.17) is 10.2 Å². The van der Waals surface area contributed by atoms with Crippen LogP contribution in [0.5, 0.6) is 0 Å². The third-order valence-corrected chi connectivity index (χ3v) is 5.30. The Balaban J connectivity index is 2.29. The van der Waals surface area contributed by atoms with Gasteiger partial charge in [-0.3, -0.25) is 0 Å². The van der Waals surface area contributed by atoms with Crippen LogP contribution in [0.3, 0.4) is 0 Å². The zero-order valence-electron chi connectivity index (χ0n) is 11.1. The molecule has 5 nitrogen and oxygen atoms in total. The Bertz CT molecular complexity index is 725. The lowest BCUT2D eigenvalue weighted by Crippen LogP contribution is -2.27. The highest BCUT2D eigenvalue weighted by molar-refractivity contribution is 9.10. The van der Waals surface area contributed by atoms with E-state index in [-0.39, 0.29) is 4.90 Å². The molecule has 0 spiro atoms. The Morgan fingerprint density at radius 1 is 1.30 bits per heavy atom. The molecule has 2 aromatic rings. The van der Waals surface area contributed by atoms with Gasteiger partial charge in [0.1, 0.15) is 11.5 Å². The molecule has 108 valence electrons. The lowest BCUT2D eigenvalue weighted by atomic mass is 10.3. The van der Waals surface area contributed by atoms with Crippen molar-refractivity contribution >= 4 is 31.6 Å². The third-order valence-electron chi connectivity index (χ3n) is 2.76. The van der Waals surface area contributed by atoms with Crippen molar-refractivity contribution in [1.82, 2.24) is 4.72 Å². The van der Waals surface area contributed by atoms with Crippen LogP contribution in [-0.4, -0.2) is 8.42 Å². The summed E-state index contributed by atoms with van der Waals surface area (Å²) in [6.07, 6.45) is 0. The predicted molar refractivity (Wildman–Crippen MR) is 80.7 cm³/mol. The van der Waals surface area contributed by atoms with Crippen molar-refractivity contribution in [3.05, 3.63) is 46.3 Å². The summed E-state index contributed by atoms with van der Waals surface area (Å²) in [5, 5.41) is 0. The summed E-state index contributed by atoms with van der Waals surface area (Å²) >= 11 is 3.22. The molecule has 0 aliphatic rings. The minimum atomic E-state index is -3.69. The first-order valence-electron chi connectivity index (χ1n) is 5.93. The molecule has 3 N–H and O–H groups in total. The van der Waals surface area contributed by atoms with E-state index in [2.05, 4.69) is 20.7 Å². The van der Waals surface area contributed by atoms with Crippen molar-refractivity contribution < 1.29 is 12.8 Å². The maximum absolute atomic E-state index is 12.4. The molecule has 0 saturated carbocycles. The van der Waals surface area contributed by atoms with Gasteiger partial charge in [0.2, 0.25) is 10.0 Å². The van der Waals surface area contributed by atoms with Gasteiger partial charge >= 0.3 is 0 Å². The molecule has 1 heterocycles. The SMILES string of the molecule is Cc1ccc(C(C)NS(=O)(=O)c2cc(N)ccc2Br)o1. The molecule has 0 radical (unpaired) electrons. The first-order chi connectivity index (χ1) is 9.29. The molecule has 7 heteroatoms. The average Bonchev–Trinajstić information content (AvgIpc) is 2.78. The van der Waals surface area contributed by atoms with Crippen LogP contribution < -0.4 is 10.5 Å². The van der Waals surface area contributed by atoms with Crippen molar-refractivity contribution in [3.8, 4) is 0 Å². The molecule has 2 rings (SSSR count). The molecule has 1 atom stereocenters. The zero-order valence-corrected chi connectivity index (χ0v) is 13.5. The Hall–Kier alpha value is -1.31. The largest absolute Gasteiger partial charge is 0.465 e. The number of halogens is 1. The Morgan fingerprint density at radius 2 is 2.00 bits per heavy atom. The summed E-state index contributed by atoms with van der Waals surface area (Å²) in [7, 11) is -3.69. The third kappa shape index (κ3) is 3.23. The van der Waals surface area contributed by atoms with Gasteiger partial charge in [-0.25, -0.2) is 13.1 Å². The van der Waals surface area contributed by atoms with Crippen LogP contribution in [0.2, 0.25) is 0 Å². The number of aryl methyl sites for hydroxylation is 1. The van der Waals surface area contributed by atoms with Crippen molar-refractivity contribution in [1.29, 1.82) is 0 Å². The lowest BCUT2D eigenvalue weighted by molar-refractivity contribution is 0.441. The predicted octanol–water partition coefficient (Wildman–Crippen LogP) is 2.97. The number of furan rings is 1. The van der Waals surface area contributed by atoms with Crippen molar-refractivity contribution in [2.24, 2.45) is 0 Å². The average molecular weight is 359 g/mol. The summed E-state index contributed by atoms with van der Waals surface area (Å²) in [6, 6.07) is 7.70. The molecule has 1 aromatic carbocycles. The second-order valence-electron chi connectivity index (χ2n) is 4.48. The molecule has 0 bridgehead atoms. The highest BCUT2D eigenvalue weighted by atomic mass is 79.9. The van der Waals surface area contributed by atoms with E-state index < -0.39 is 16.1 Å². The summed E-state index contributed by atoms with van der Waals surface area (Å²) in [6.45, 7) is 3.52. The Morgan fingerprint density at radius 3 is 2.60 bits per heavy atom. The van der Waals surface area contributed by atoms with Gasteiger partial charge in [-0.15, -0.1) is 0 Å². The summed E-state index contributed by atoms with van der Waals surface area (Å²) in [5.74, 6) is 1.29. The fraction of sp³-hybridized carbons (Fsp3) is 0.231. The van der Waals surface area contributed by atoms with Gasteiger partial charge in [0.15, 0.2) is 0 Å². The van der Waals surface area contributed by atoms with Gasteiger partial charge in [0.25, 0.3) is 0 Å². The van der Waals surface area contributed by atoms with Gasteiger partial charge in [-0.1, -0.05) is 0 Å². The number of nitrogens with one attached hydrogen (secondary N) is 1. The van der Waals surface area contributed by atoms with E-state index in [1.807, 2.05) is 0 Å². The molecule has 0 saturated heterocycles. The van der Waals surface area contributed by atoms with Crippen LogP contribution in [0.4, 0.5) is 5.69 Å². The van der Waals surface area contributed by atoms with Crippen molar-refractivity contribution in [3.63, 3.8) is 0 Å². The second kappa shape index (κ2) is 5.59. The van der Waals surface area contributed by atoms with E-state index in [1.165, 1.54) is 6.07 Å². The van der Waals surface area contributed by atoms with Gasteiger partial charge in [0, 0.05) is 10.2 Å². The normalized spacial score (nSPS) is 13.3. The van der Waals surface area contributed by atoms with Crippen LogP contribution in [0.15, 0.2) is 44.1 Å². The van der Waals surface area contributed by atoms with Gasteiger partial charge in [0.05, 0.1) is 10.9 Å². The van der Waals surface area contributed by atoms with Crippen LogP contribution in [0.1, 0.15) is 24.5 Å². The maximum Gasteiger partial charge on any atom is 0.242 e. The number of rotatable bonds is 4. The molecule has 0 amide bonds. The maximum atomic E-state index is 12.4. The monoisotopic (exact) mass is 358 g/mol. The number of benzene rings is 1. The van der Waals surface area contributed by atoms with Crippen LogP contribution >= 0.6 is 15.9 Å². The molecule has 1 unspecified atom stereocenters. The summed E-state index contributed by atoms with van der Waals surface area (Å²) < 4.78 is 33.2. The highest BCUT2D eigenvalue weighted by Crippen LogP contribution is 2.26. The first-order valence-corrected chi connectivity index (χ1v) is 8.21. The minimum Gasteiger partial charge on any atom is -0.465 e. The summed E-state index contributed by atoms with van der Waals surface area (Å²) in [5.41, 5.74) is 6.02. The van der Waals surface area contributed by atoms with E-state index in [0.717, 1.165) is 5.76 Å².